The lowest BCUT2D eigenvalue weighted by molar-refractivity contribution is 0.0215. The van der Waals surface area contributed by atoms with Crippen LogP contribution in [0.1, 0.15) is 32.6 Å². The molecule has 2 rings (SSSR count). The molecule has 2 aliphatic rings. The van der Waals surface area contributed by atoms with E-state index in [1.54, 1.807) is 0 Å². The van der Waals surface area contributed by atoms with Gasteiger partial charge in [-0.1, -0.05) is 6.92 Å². The Morgan fingerprint density at radius 2 is 2.00 bits per heavy atom. The van der Waals surface area contributed by atoms with Crippen molar-refractivity contribution in [3.05, 3.63) is 0 Å². The van der Waals surface area contributed by atoms with E-state index in [9.17, 15) is 0 Å². The molecule has 3 heteroatoms. The number of nitrogens with one attached hydrogen (secondary N) is 1. The summed E-state index contributed by atoms with van der Waals surface area (Å²) in [5.41, 5.74) is 0.415. The monoisotopic (exact) mass is 226 g/mol. The summed E-state index contributed by atoms with van der Waals surface area (Å²) in [5.74, 6) is 0. The summed E-state index contributed by atoms with van der Waals surface area (Å²) in [5, 5.41) is 3.46. The molecule has 2 fully saturated rings. The van der Waals surface area contributed by atoms with Crippen LogP contribution in [0.2, 0.25) is 0 Å². The maximum absolute atomic E-state index is 5.48. The van der Waals surface area contributed by atoms with Crippen molar-refractivity contribution in [1.29, 1.82) is 0 Å². The zero-order chi connectivity index (χ0) is 11.4. The van der Waals surface area contributed by atoms with Gasteiger partial charge in [0.25, 0.3) is 0 Å². The summed E-state index contributed by atoms with van der Waals surface area (Å²) < 4.78 is 5.48. The van der Waals surface area contributed by atoms with Crippen LogP contribution < -0.4 is 5.32 Å². The molecule has 0 unspecified atom stereocenters. The second-order valence-electron chi connectivity index (χ2n) is 5.48. The first-order chi connectivity index (χ1) is 7.79. The van der Waals surface area contributed by atoms with Gasteiger partial charge in [-0.05, 0) is 45.3 Å². The zero-order valence-electron chi connectivity index (χ0n) is 10.8. The summed E-state index contributed by atoms with van der Waals surface area (Å²) in [7, 11) is 1.84. The van der Waals surface area contributed by atoms with E-state index in [0.29, 0.717) is 5.41 Å². The average molecular weight is 226 g/mol. The van der Waals surface area contributed by atoms with Gasteiger partial charge in [0.1, 0.15) is 0 Å². The fourth-order valence-corrected chi connectivity index (χ4v) is 2.98. The summed E-state index contributed by atoms with van der Waals surface area (Å²) in [6.45, 7) is 7.97. The normalized spacial score (nSPS) is 24.9. The number of hydrogen-bond donors (Lipinski definition) is 1. The third kappa shape index (κ3) is 2.96. The van der Waals surface area contributed by atoms with Gasteiger partial charge < -0.3 is 15.0 Å². The minimum atomic E-state index is 0.415. The third-order valence-electron chi connectivity index (χ3n) is 4.12. The molecule has 0 radical (unpaired) electrons. The molecule has 0 atom stereocenters. The van der Waals surface area contributed by atoms with Crippen molar-refractivity contribution in [2.75, 3.05) is 39.9 Å². The van der Waals surface area contributed by atoms with Gasteiger partial charge in [0.15, 0.2) is 0 Å². The highest BCUT2D eigenvalue weighted by Crippen LogP contribution is 2.35. The topological polar surface area (TPSA) is 24.5 Å². The summed E-state index contributed by atoms with van der Waals surface area (Å²) >= 11 is 0. The molecule has 0 aromatic carbocycles. The number of ether oxygens (including phenoxy) is 1. The zero-order valence-corrected chi connectivity index (χ0v) is 10.8. The van der Waals surface area contributed by atoms with E-state index in [1.165, 1.54) is 38.8 Å². The van der Waals surface area contributed by atoms with Crippen LogP contribution in [0.4, 0.5) is 0 Å². The highest BCUT2D eigenvalue weighted by molar-refractivity contribution is 4.92. The molecule has 0 aromatic rings. The van der Waals surface area contributed by atoms with Gasteiger partial charge in [0, 0.05) is 25.1 Å². The van der Waals surface area contributed by atoms with E-state index in [1.807, 2.05) is 7.11 Å². The molecule has 1 aliphatic carbocycles. The van der Waals surface area contributed by atoms with E-state index in [-0.39, 0.29) is 0 Å². The fraction of sp³-hybridized carbons (Fsp3) is 1.00. The summed E-state index contributed by atoms with van der Waals surface area (Å²) in [4.78, 5) is 2.67. The Labute approximate surface area is 99.5 Å². The highest BCUT2D eigenvalue weighted by Gasteiger charge is 2.37. The minimum Gasteiger partial charge on any atom is -0.384 e. The number of piperidine rings is 1. The van der Waals surface area contributed by atoms with Crippen LogP contribution in [0.25, 0.3) is 0 Å². The minimum absolute atomic E-state index is 0.415. The molecule has 94 valence electrons. The van der Waals surface area contributed by atoms with E-state index in [0.717, 1.165) is 25.7 Å². The number of rotatable bonds is 6. The maximum Gasteiger partial charge on any atom is 0.0531 e. The SMILES string of the molecule is CCN(CC1(COC)CCNCC1)C1CC1. The average Bonchev–Trinajstić information content (AvgIpc) is 3.12. The van der Waals surface area contributed by atoms with E-state index in [4.69, 9.17) is 4.74 Å². The smallest absolute Gasteiger partial charge is 0.0531 e. The molecule has 1 saturated carbocycles. The highest BCUT2D eigenvalue weighted by atomic mass is 16.5. The molecule has 3 nitrogen and oxygen atoms in total. The van der Waals surface area contributed by atoms with Gasteiger partial charge in [-0.15, -0.1) is 0 Å². The van der Waals surface area contributed by atoms with Crippen molar-refractivity contribution in [2.45, 2.75) is 38.6 Å². The molecule has 16 heavy (non-hydrogen) atoms. The van der Waals surface area contributed by atoms with Crippen molar-refractivity contribution in [3.8, 4) is 0 Å². The first-order valence-corrected chi connectivity index (χ1v) is 6.73. The molecule has 1 saturated heterocycles. The summed E-state index contributed by atoms with van der Waals surface area (Å²) in [6.07, 6.45) is 5.36. The Hall–Kier alpha value is -0.120. The number of methoxy groups -OCH3 is 1. The van der Waals surface area contributed by atoms with Crippen LogP contribution in [0.15, 0.2) is 0 Å². The molecule has 0 aromatic heterocycles. The lowest BCUT2D eigenvalue weighted by atomic mass is 9.79. The van der Waals surface area contributed by atoms with Crippen molar-refractivity contribution in [2.24, 2.45) is 5.41 Å². The van der Waals surface area contributed by atoms with Crippen molar-refractivity contribution in [1.82, 2.24) is 10.2 Å². The number of nitrogens with zero attached hydrogens (tertiary/aromatic N) is 1. The predicted molar refractivity (Wildman–Crippen MR) is 66.7 cm³/mol. The molecule has 0 bridgehead atoms. The molecule has 0 spiro atoms. The van der Waals surface area contributed by atoms with Crippen LogP contribution in [0, 0.1) is 5.41 Å². The Morgan fingerprint density at radius 3 is 2.50 bits per heavy atom. The summed E-state index contributed by atoms with van der Waals surface area (Å²) in [6, 6.07) is 0.883. The molecule has 0 amide bonds. The fourth-order valence-electron chi connectivity index (χ4n) is 2.98. The molecule has 1 heterocycles. The van der Waals surface area contributed by atoms with Gasteiger partial charge in [-0.3, -0.25) is 0 Å². The van der Waals surface area contributed by atoms with Crippen molar-refractivity contribution >= 4 is 0 Å². The van der Waals surface area contributed by atoms with Gasteiger partial charge in [0.05, 0.1) is 6.61 Å². The van der Waals surface area contributed by atoms with E-state index >= 15 is 0 Å². The second kappa shape index (κ2) is 5.48. The molecule has 1 N–H and O–H groups in total. The van der Waals surface area contributed by atoms with Crippen LogP contribution in [-0.4, -0.2) is 50.8 Å². The standard InChI is InChI=1S/C13H26N2O/c1-3-15(12-4-5-12)10-13(11-16-2)6-8-14-9-7-13/h12,14H,3-11H2,1-2H3. The first kappa shape index (κ1) is 12.3. The Balaban J connectivity index is 1.94. The van der Waals surface area contributed by atoms with Crippen LogP contribution in [0.5, 0.6) is 0 Å². The first-order valence-electron chi connectivity index (χ1n) is 6.73. The Bertz CT molecular complexity index is 204. The maximum atomic E-state index is 5.48. The van der Waals surface area contributed by atoms with Crippen molar-refractivity contribution < 1.29 is 4.74 Å². The third-order valence-corrected chi connectivity index (χ3v) is 4.12. The second-order valence-corrected chi connectivity index (χ2v) is 5.48. The van der Waals surface area contributed by atoms with Gasteiger partial charge in [-0.25, -0.2) is 0 Å². The molecular formula is C13H26N2O. The van der Waals surface area contributed by atoms with Gasteiger partial charge >= 0.3 is 0 Å². The van der Waals surface area contributed by atoms with E-state index in [2.05, 4.69) is 17.1 Å². The van der Waals surface area contributed by atoms with Gasteiger partial charge in [0.2, 0.25) is 0 Å². The van der Waals surface area contributed by atoms with E-state index < -0.39 is 0 Å². The number of hydrogen-bond acceptors (Lipinski definition) is 3. The predicted octanol–water partition coefficient (Wildman–Crippen LogP) is 1.49. The lowest BCUT2D eigenvalue weighted by Gasteiger charge is -2.41. The Morgan fingerprint density at radius 1 is 1.31 bits per heavy atom. The lowest BCUT2D eigenvalue weighted by Crippen LogP contribution is -2.47. The molecular weight excluding hydrogens is 200 g/mol. The Kier molecular flexibility index (Phi) is 4.22. The largest absolute Gasteiger partial charge is 0.384 e. The van der Waals surface area contributed by atoms with Gasteiger partial charge in [-0.2, -0.15) is 0 Å². The van der Waals surface area contributed by atoms with Crippen LogP contribution in [-0.2, 0) is 4.74 Å². The molecule has 1 aliphatic heterocycles. The quantitative estimate of drug-likeness (QED) is 0.742. The van der Waals surface area contributed by atoms with Crippen molar-refractivity contribution in [3.63, 3.8) is 0 Å². The van der Waals surface area contributed by atoms with Crippen LogP contribution >= 0.6 is 0 Å². The van der Waals surface area contributed by atoms with Crippen LogP contribution in [0.3, 0.4) is 0 Å².